The number of carbonyl (C=O) groups is 1. The van der Waals surface area contributed by atoms with Gasteiger partial charge in [-0.05, 0) is 86.3 Å². The second-order valence-corrected chi connectivity index (χ2v) is 8.41. The maximum absolute atomic E-state index is 15.1. The maximum Gasteiger partial charge on any atom is 0.352 e. The van der Waals surface area contributed by atoms with Gasteiger partial charge in [-0.15, -0.1) is 0 Å². The Bertz CT molecular complexity index is 1040. The van der Waals surface area contributed by atoms with Gasteiger partial charge in [0.2, 0.25) is 5.60 Å². The zero-order valence-electron chi connectivity index (χ0n) is 17.7. The lowest BCUT2D eigenvalue weighted by Crippen LogP contribution is -2.35. The molecule has 1 aliphatic carbocycles. The zero-order valence-corrected chi connectivity index (χ0v) is 17.7. The molecule has 4 rings (SSSR count). The minimum atomic E-state index is -1.64. The molecular weight excluding hydrogens is 383 g/mol. The first-order valence-electron chi connectivity index (χ1n) is 10.4. The van der Waals surface area contributed by atoms with E-state index in [9.17, 15) is 9.90 Å². The highest BCUT2D eigenvalue weighted by molar-refractivity contribution is 5.87. The summed E-state index contributed by atoms with van der Waals surface area (Å²) < 4.78 is 26.3. The van der Waals surface area contributed by atoms with Crippen molar-refractivity contribution in [2.24, 2.45) is 0 Å². The summed E-state index contributed by atoms with van der Waals surface area (Å²) in [5, 5.41) is 10.1. The third kappa shape index (κ3) is 3.17. The molecule has 0 radical (unpaired) electrons. The maximum atomic E-state index is 15.1. The molecule has 0 amide bonds. The van der Waals surface area contributed by atoms with E-state index >= 15 is 4.39 Å². The van der Waals surface area contributed by atoms with Crippen LogP contribution < -0.4 is 4.74 Å². The number of hydrogen-bond acceptors (Lipinski definition) is 3. The van der Waals surface area contributed by atoms with Gasteiger partial charge >= 0.3 is 5.97 Å². The predicted octanol–water partition coefficient (Wildman–Crippen LogP) is 5.77. The van der Waals surface area contributed by atoms with E-state index < -0.39 is 17.4 Å². The lowest BCUT2D eigenvalue weighted by molar-refractivity contribution is -0.158. The molecule has 1 N–H and O–H groups in total. The number of carboxylic acids is 1. The van der Waals surface area contributed by atoms with Crippen LogP contribution in [0.2, 0.25) is 0 Å². The summed E-state index contributed by atoms with van der Waals surface area (Å²) in [6.07, 6.45) is 4.81. The van der Waals surface area contributed by atoms with Crippen molar-refractivity contribution in [1.82, 2.24) is 0 Å². The summed E-state index contributed by atoms with van der Waals surface area (Å²) in [6.45, 7) is 9.47. The van der Waals surface area contributed by atoms with Gasteiger partial charge < -0.3 is 14.6 Å². The fourth-order valence-electron chi connectivity index (χ4n) is 4.66. The highest BCUT2D eigenvalue weighted by Crippen LogP contribution is 2.50. The summed E-state index contributed by atoms with van der Waals surface area (Å²) >= 11 is 0. The van der Waals surface area contributed by atoms with E-state index in [1.165, 1.54) is 13.0 Å². The molecule has 2 aromatic carbocycles. The van der Waals surface area contributed by atoms with Crippen LogP contribution in [0.4, 0.5) is 4.39 Å². The number of aliphatic carboxylic acids is 1. The molecule has 1 heterocycles. The second kappa shape index (κ2) is 7.46. The Morgan fingerprint density at radius 3 is 2.73 bits per heavy atom. The van der Waals surface area contributed by atoms with E-state index in [4.69, 9.17) is 9.47 Å². The molecule has 1 unspecified atom stereocenters. The van der Waals surface area contributed by atoms with Crippen molar-refractivity contribution >= 4 is 5.97 Å². The van der Waals surface area contributed by atoms with Crippen molar-refractivity contribution in [2.75, 3.05) is 6.61 Å². The molecule has 0 spiro atoms. The van der Waals surface area contributed by atoms with Crippen LogP contribution in [0.5, 0.6) is 5.75 Å². The quantitative estimate of drug-likeness (QED) is 0.614. The third-order valence-electron chi connectivity index (χ3n) is 6.37. The molecular formula is C25H27FO4. The number of ether oxygens (including phenoxy) is 2. The van der Waals surface area contributed by atoms with Gasteiger partial charge in [0.15, 0.2) is 11.6 Å². The first-order chi connectivity index (χ1) is 14.3. The van der Waals surface area contributed by atoms with Crippen LogP contribution in [-0.4, -0.2) is 17.7 Å². The third-order valence-corrected chi connectivity index (χ3v) is 6.37. The van der Waals surface area contributed by atoms with Crippen LogP contribution in [0.3, 0.4) is 0 Å². The van der Waals surface area contributed by atoms with Gasteiger partial charge in [0.25, 0.3) is 0 Å². The highest BCUT2D eigenvalue weighted by atomic mass is 19.1. The van der Waals surface area contributed by atoms with Crippen molar-refractivity contribution in [3.8, 4) is 16.9 Å². The van der Waals surface area contributed by atoms with Crippen molar-refractivity contribution in [1.29, 1.82) is 0 Å². The van der Waals surface area contributed by atoms with Crippen LogP contribution in [0.1, 0.15) is 59.9 Å². The highest BCUT2D eigenvalue weighted by Gasteiger charge is 2.43. The lowest BCUT2D eigenvalue weighted by Gasteiger charge is -2.31. The van der Waals surface area contributed by atoms with Crippen LogP contribution in [0.25, 0.3) is 11.1 Å². The average molecular weight is 410 g/mol. The number of hydrogen-bond donors (Lipinski definition) is 1. The van der Waals surface area contributed by atoms with Crippen molar-refractivity contribution < 1.29 is 23.8 Å². The lowest BCUT2D eigenvalue weighted by atomic mass is 9.79. The number of halogens is 1. The number of fused-ring (bicyclic) bond motifs is 1. The number of benzene rings is 2. The normalized spacial score (nSPS) is 17.5. The minimum absolute atomic E-state index is 0.327. The van der Waals surface area contributed by atoms with E-state index in [1.54, 1.807) is 0 Å². The summed E-state index contributed by atoms with van der Waals surface area (Å²) in [6, 6.07) is 5.49. The van der Waals surface area contributed by atoms with Gasteiger partial charge in [-0.2, -0.15) is 0 Å². The Balaban J connectivity index is 2.08. The average Bonchev–Trinajstić information content (AvgIpc) is 3.55. The number of aryl methyl sites for hydroxylation is 1. The Hall–Kier alpha value is -2.82. The van der Waals surface area contributed by atoms with Gasteiger partial charge in [0, 0.05) is 11.1 Å². The van der Waals surface area contributed by atoms with Gasteiger partial charge in [-0.25, -0.2) is 9.18 Å². The first kappa shape index (κ1) is 20.5. The molecule has 1 aliphatic heterocycles. The summed E-state index contributed by atoms with van der Waals surface area (Å²) in [4.78, 5) is 12.4. The molecule has 2 aliphatic rings. The largest absolute Gasteiger partial charge is 0.490 e. The van der Waals surface area contributed by atoms with Crippen LogP contribution in [-0.2, 0) is 21.6 Å². The van der Waals surface area contributed by atoms with E-state index in [0.29, 0.717) is 23.8 Å². The first-order valence-corrected chi connectivity index (χ1v) is 10.4. The smallest absolute Gasteiger partial charge is 0.352 e. The molecule has 1 atom stereocenters. The monoisotopic (exact) mass is 410 g/mol. The zero-order chi connectivity index (χ0) is 21.6. The summed E-state index contributed by atoms with van der Waals surface area (Å²) in [5.74, 6) is -0.843. The van der Waals surface area contributed by atoms with Crippen LogP contribution in [0, 0.1) is 19.7 Å². The van der Waals surface area contributed by atoms with E-state index in [2.05, 4.69) is 12.6 Å². The summed E-state index contributed by atoms with van der Waals surface area (Å²) in [5.41, 5.74) is 4.05. The molecule has 2 aromatic rings. The molecule has 0 bridgehead atoms. The van der Waals surface area contributed by atoms with Crippen molar-refractivity contribution in [3.63, 3.8) is 0 Å². The van der Waals surface area contributed by atoms with Crippen LogP contribution in [0.15, 0.2) is 31.0 Å². The second-order valence-electron chi connectivity index (χ2n) is 8.41. The molecule has 0 aromatic heterocycles. The van der Waals surface area contributed by atoms with Crippen molar-refractivity contribution in [2.45, 2.75) is 58.0 Å². The van der Waals surface area contributed by atoms with E-state index in [1.807, 2.05) is 19.9 Å². The summed E-state index contributed by atoms with van der Waals surface area (Å²) in [7, 11) is 0. The molecule has 5 heteroatoms. The van der Waals surface area contributed by atoms with Gasteiger partial charge in [-0.3, -0.25) is 0 Å². The molecule has 1 saturated carbocycles. The van der Waals surface area contributed by atoms with Gasteiger partial charge in [0.1, 0.15) is 0 Å². The molecule has 4 nitrogen and oxygen atoms in total. The molecule has 158 valence electrons. The van der Waals surface area contributed by atoms with E-state index in [-0.39, 0.29) is 0 Å². The molecule has 0 saturated heterocycles. The fourth-order valence-corrected chi connectivity index (χ4v) is 4.66. The minimum Gasteiger partial charge on any atom is -0.490 e. The Morgan fingerprint density at radius 2 is 2.10 bits per heavy atom. The fraction of sp³-hybridized carbons (Fsp3) is 0.400. The SMILES string of the molecule is C=COC(C)(C(=O)O)c1c(C)ccc(C2CC2)c1-c1cc(F)c2c(c1C)CCCO2. The van der Waals surface area contributed by atoms with E-state index in [0.717, 1.165) is 65.3 Å². The number of carboxylic acid groups (broad SMARTS) is 1. The molecule has 1 fully saturated rings. The molecule has 30 heavy (non-hydrogen) atoms. The van der Waals surface area contributed by atoms with Crippen LogP contribution >= 0.6 is 0 Å². The standard InChI is InChI=1S/C25H27FO4/c1-5-30-25(4,24(27)28)22-14(2)8-11-18(16-9-10-16)21(22)19-13-20(26)23-17(15(19)3)7-6-12-29-23/h5,8,11,13,16H,1,6-7,9-10,12H2,2-4H3,(H,27,28). The Kier molecular flexibility index (Phi) is 5.08. The van der Waals surface area contributed by atoms with Gasteiger partial charge in [0.05, 0.1) is 12.9 Å². The predicted molar refractivity (Wildman–Crippen MR) is 113 cm³/mol. The van der Waals surface area contributed by atoms with Gasteiger partial charge in [-0.1, -0.05) is 18.7 Å². The topological polar surface area (TPSA) is 55.8 Å². The Labute approximate surface area is 176 Å². The Morgan fingerprint density at radius 1 is 1.37 bits per heavy atom. The van der Waals surface area contributed by atoms with Crippen molar-refractivity contribution in [3.05, 3.63) is 64.7 Å². The number of rotatable bonds is 6.